The Morgan fingerprint density at radius 2 is 2.00 bits per heavy atom. The summed E-state index contributed by atoms with van der Waals surface area (Å²) in [5, 5.41) is 4.20. The van der Waals surface area contributed by atoms with Gasteiger partial charge in [-0.3, -0.25) is 4.98 Å². The Hall–Kier alpha value is -1.74. The fourth-order valence-electron chi connectivity index (χ4n) is 1.57. The average Bonchev–Trinajstić information content (AvgIpc) is 2.82. The Morgan fingerprint density at radius 1 is 1.00 bits per heavy atom. The van der Waals surface area contributed by atoms with E-state index >= 15 is 0 Å². The summed E-state index contributed by atoms with van der Waals surface area (Å²) in [4.78, 5) is 8.58. The molecule has 0 fully saturated rings. The van der Waals surface area contributed by atoms with Crippen molar-refractivity contribution in [3.63, 3.8) is 0 Å². The van der Waals surface area contributed by atoms with Crippen LogP contribution < -0.4 is 0 Å². The van der Waals surface area contributed by atoms with Crippen molar-refractivity contribution in [3.8, 4) is 10.6 Å². The molecule has 3 heteroatoms. The van der Waals surface area contributed by atoms with Crippen LogP contribution in [0.2, 0.25) is 0 Å². The first-order valence-electron chi connectivity index (χ1n) is 4.68. The molecule has 0 aliphatic carbocycles. The molecule has 0 amide bonds. The molecule has 0 unspecified atom stereocenters. The van der Waals surface area contributed by atoms with Gasteiger partial charge in [0, 0.05) is 28.7 Å². The highest BCUT2D eigenvalue weighted by Crippen LogP contribution is 2.24. The number of pyridine rings is 1. The molecule has 0 radical (unpaired) electrons. The van der Waals surface area contributed by atoms with Crippen LogP contribution in [0, 0.1) is 0 Å². The fraction of sp³-hybridized carbons (Fsp3) is 0. The van der Waals surface area contributed by atoms with E-state index in [1.54, 1.807) is 11.3 Å². The molecule has 15 heavy (non-hydrogen) atoms. The molecule has 0 saturated heterocycles. The van der Waals surface area contributed by atoms with Gasteiger partial charge in [0.05, 0.1) is 5.52 Å². The highest BCUT2D eigenvalue weighted by molar-refractivity contribution is 7.13. The van der Waals surface area contributed by atoms with Crippen LogP contribution in [0.5, 0.6) is 0 Å². The first kappa shape index (κ1) is 8.56. The predicted octanol–water partition coefficient (Wildman–Crippen LogP) is 3.36. The summed E-state index contributed by atoms with van der Waals surface area (Å²) in [7, 11) is 0. The van der Waals surface area contributed by atoms with Gasteiger partial charge < -0.3 is 0 Å². The molecule has 3 rings (SSSR count). The van der Waals surface area contributed by atoms with E-state index in [2.05, 4.69) is 28.2 Å². The van der Waals surface area contributed by atoms with Crippen molar-refractivity contribution in [3.05, 3.63) is 48.1 Å². The minimum atomic E-state index is 1.03. The lowest BCUT2D eigenvalue weighted by atomic mass is 10.1. The summed E-state index contributed by atoms with van der Waals surface area (Å²) in [6.07, 6.45) is 3.64. The molecule has 0 spiro atoms. The second kappa shape index (κ2) is 3.44. The number of aromatic nitrogens is 2. The molecule has 2 heterocycles. The largest absolute Gasteiger partial charge is 0.256 e. The van der Waals surface area contributed by atoms with E-state index in [1.165, 1.54) is 0 Å². The van der Waals surface area contributed by atoms with E-state index in [4.69, 9.17) is 0 Å². The van der Waals surface area contributed by atoms with Crippen molar-refractivity contribution in [1.29, 1.82) is 0 Å². The molecule has 72 valence electrons. The Balaban J connectivity index is 2.22. The standard InChI is InChI=1S/C12H8N2S/c1-2-9-8-10(12-14-6-7-15-12)3-4-11(9)13-5-1/h1-8H. The summed E-state index contributed by atoms with van der Waals surface area (Å²) in [6, 6.07) is 10.2. The van der Waals surface area contributed by atoms with E-state index in [0.717, 1.165) is 21.5 Å². The van der Waals surface area contributed by atoms with Crippen LogP contribution in [0.4, 0.5) is 0 Å². The van der Waals surface area contributed by atoms with Crippen molar-refractivity contribution >= 4 is 22.2 Å². The van der Waals surface area contributed by atoms with E-state index in [1.807, 2.05) is 29.9 Å². The minimum Gasteiger partial charge on any atom is -0.256 e. The number of fused-ring (bicyclic) bond motifs is 1. The lowest BCUT2D eigenvalue weighted by molar-refractivity contribution is 1.40. The van der Waals surface area contributed by atoms with E-state index in [-0.39, 0.29) is 0 Å². The maximum atomic E-state index is 4.29. The quantitative estimate of drug-likeness (QED) is 0.618. The molecule has 3 aromatic rings. The number of thiazole rings is 1. The van der Waals surface area contributed by atoms with Gasteiger partial charge in [-0.2, -0.15) is 0 Å². The van der Waals surface area contributed by atoms with Crippen LogP contribution >= 0.6 is 11.3 Å². The lowest BCUT2D eigenvalue weighted by Crippen LogP contribution is -1.79. The summed E-state index contributed by atoms with van der Waals surface area (Å²) in [5.74, 6) is 0. The lowest BCUT2D eigenvalue weighted by Gasteiger charge is -1.99. The highest BCUT2D eigenvalue weighted by atomic mass is 32.1. The molecular formula is C12H8N2S. The second-order valence-corrected chi connectivity index (χ2v) is 4.14. The molecule has 0 N–H and O–H groups in total. The van der Waals surface area contributed by atoms with Gasteiger partial charge in [-0.05, 0) is 24.3 Å². The third-order valence-corrected chi connectivity index (χ3v) is 3.10. The minimum absolute atomic E-state index is 1.03. The zero-order valence-corrected chi connectivity index (χ0v) is 8.74. The predicted molar refractivity (Wildman–Crippen MR) is 62.9 cm³/mol. The third-order valence-electron chi connectivity index (χ3n) is 2.28. The van der Waals surface area contributed by atoms with Gasteiger partial charge in [0.2, 0.25) is 0 Å². The van der Waals surface area contributed by atoms with E-state index < -0.39 is 0 Å². The van der Waals surface area contributed by atoms with Gasteiger partial charge in [0.25, 0.3) is 0 Å². The van der Waals surface area contributed by atoms with Crippen LogP contribution in [0.15, 0.2) is 48.1 Å². The summed E-state index contributed by atoms with van der Waals surface area (Å²) in [6.45, 7) is 0. The zero-order valence-electron chi connectivity index (χ0n) is 7.92. The molecule has 1 aromatic carbocycles. The van der Waals surface area contributed by atoms with Gasteiger partial charge in [-0.15, -0.1) is 11.3 Å². The van der Waals surface area contributed by atoms with Crippen LogP contribution in [0.1, 0.15) is 0 Å². The SMILES string of the molecule is c1cnc2ccc(-c3nccs3)cc2c1. The van der Waals surface area contributed by atoms with Crippen LogP contribution in [-0.4, -0.2) is 9.97 Å². The van der Waals surface area contributed by atoms with Gasteiger partial charge in [0.15, 0.2) is 0 Å². The van der Waals surface area contributed by atoms with E-state index in [0.29, 0.717) is 0 Å². The monoisotopic (exact) mass is 212 g/mol. The van der Waals surface area contributed by atoms with Gasteiger partial charge in [0.1, 0.15) is 5.01 Å². The third kappa shape index (κ3) is 1.51. The summed E-state index contributed by atoms with van der Waals surface area (Å²) in [5.41, 5.74) is 2.18. The van der Waals surface area contributed by atoms with Crippen molar-refractivity contribution < 1.29 is 0 Å². The second-order valence-electron chi connectivity index (χ2n) is 3.25. The Labute approximate surface area is 91.2 Å². The topological polar surface area (TPSA) is 25.8 Å². The van der Waals surface area contributed by atoms with Crippen molar-refractivity contribution in [1.82, 2.24) is 9.97 Å². The maximum Gasteiger partial charge on any atom is 0.123 e. The number of hydrogen-bond donors (Lipinski definition) is 0. The highest BCUT2D eigenvalue weighted by Gasteiger charge is 2.01. The number of hydrogen-bond acceptors (Lipinski definition) is 3. The first-order valence-corrected chi connectivity index (χ1v) is 5.56. The smallest absolute Gasteiger partial charge is 0.123 e. The van der Waals surface area contributed by atoms with Crippen LogP contribution in [-0.2, 0) is 0 Å². The Bertz CT molecular complexity index is 587. The molecule has 0 saturated carbocycles. The molecule has 0 aliphatic rings. The maximum absolute atomic E-state index is 4.29. The van der Waals surface area contributed by atoms with Gasteiger partial charge in [-0.1, -0.05) is 6.07 Å². The number of nitrogens with zero attached hydrogens (tertiary/aromatic N) is 2. The number of rotatable bonds is 1. The Morgan fingerprint density at radius 3 is 2.87 bits per heavy atom. The van der Waals surface area contributed by atoms with E-state index in [9.17, 15) is 0 Å². The molecule has 0 bridgehead atoms. The van der Waals surface area contributed by atoms with Crippen molar-refractivity contribution in [2.24, 2.45) is 0 Å². The fourth-order valence-corrected chi connectivity index (χ4v) is 2.21. The van der Waals surface area contributed by atoms with Gasteiger partial charge in [-0.25, -0.2) is 4.98 Å². The zero-order chi connectivity index (χ0) is 10.1. The summed E-state index contributed by atoms with van der Waals surface area (Å²) < 4.78 is 0. The molecular weight excluding hydrogens is 204 g/mol. The Kier molecular flexibility index (Phi) is 1.96. The molecule has 0 atom stereocenters. The molecule has 2 aromatic heterocycles. The normalized spacial score (nSPS) is 10.7. The van der Waals surface area contributed by atoms with Crippen molar-refractivity contribution in [2.45, 2.75) is 0 Å². The average molecular weight is 212 g/mol. The van der Waals surface area contributed by atoms with Crippen molar-refractivity contribution in [2.75, 3.05) is 0 Å². The molecule has 2 nitrogen and oxygen atoms in total. The van der Waals surface area contributed by atoms with Crippen LogP contribution in [0.25, 0.3) is 21.5 Å². The summed E-state index contributed by atoms with van der Waals surface area (Å²) >= 11 is 1.65. The van der Waals surface area contributed by atoms with Crippen LogP contribution in [0.3, 0.4) is 0 Å². The van der Waals surface area contributed by atoms with Gasteiger partial charge >= 0.3 is 0 Å². The number of benzene rings is 1. The first-order chi connectivity index (χ1) is 7.43. The molecule has 0 aliphatic heterocycles.